The van der Waals surface area contributed by atoms with E-state index in [-0.39, 0.29) is 18.1 Å². The zero-order chi connectivity index (χ0) is 15.4. The average Bonchev–Trinajstić information content (AvgIpc) is 3.15. The molecule has 1 aromatic carbocycles. The van der Waals surface area contributed by atoms with Gasteiger partial charge in [0.2, 0.25) is 0 Å². The summed E-state index contributed by atoms with van der Waals surface area (Å²) >= 11 is 1.43. The van der Waals surface area contributed by atoms with E-state index in [1.54, 1.807) is 6.20 Å². The zero-order valence-corrected chi connectivity index (χ0v) is 13.4. The largest absolute Gasteiger partial charge is 0.371 e. The minimum Gasteiger partial charge on any atom is -0.371 e. The van der Waals surface area contributed by atoms with Crippen LogP contribution in [0.4, 0.5) is 0 Å². The summed E-state index contributed by atoms with van der Waals surface area (Å²) in [5.41, 5.74) is 1.16. The second-order valence-corrected chi connectivity index (χ2v) is 6.82. The van der Waals surface area contributed by atoms with E-state index in [0.717, 1.165) is 29.8 Å². The van der Waals surface area contributed by atoms with Gasteiger partial charge in [-0.3, -0.25) is 4.79 Å². The van der Waals surface area contributed by atoms with Crippen LogP contribution in [0.2, 0.25) is 0 Å². The normalized spacial score (nSPS) is 21.0. The molecule has 1 aliphatic carbocycles. The molecule has 1 saturated carbocycles. The molecular formula is C17H20N2O2S. The summed E-state index contributed by atoms with van der Waals surface area (Å²) in [6.45, 7) is 2.50. The number of thiazole rings is 1. The van der Waals surface area contributed by atoms with E-state index in [1.807, 2.05) is 25.1 Å². The van der Waals surface area contributed by atoms with Gasteiger partial charge in [0, 0.05) is 0 Å². The van der Waals surface area contributed by atoms with Crippen molar-refractivity contribution >= 4 is 17.2 Å². The first-order valence-electron chi connectivity index (χ1n) is 7.61. The number of nitrogens with one attached hydrogen (secondary N) is 1. The number of hydrogen-bond acceptors (Lipinski definition) is 4. The Kier molecular flexibility index (Phi) is 4.85. The number of carbonyl (C=O) groups is 1. The number of nitrogens with zero attached hydrogens (tertiary/aromatic N) is 1. The Balaban J connectivity index is 1.55. The maximum atomic E-state index is 12.2. The second-order valence-electron chi connectivity index (χ2n) is 5.59. The molecule has 0 saturated heterocycles. The van der Waals surface area contributed by atoms with Crippen LogP contribution in [0.5, 0.6) is 0 Å². The van der Waals surface area contributed by atoms with E-state index in [4.69, 9.17) is 4.74 Å². The fourth-order valence-corrected chi connectivity index (χ4v) is 3.45. The van der Waals surface area contributed by atoms with Crippen molar-refractivity contribution in [1.82, 2.24) is 10.3 Å². The van der Waals surface area contributed by atoms with Crippen LogP contribution in [0, 0.1) is 6.92 Å². The van der Waals surface area contributed by atoms with Crippen molar-refractivity contribution in [3.05, 3.63) is 52.0 Å². The van der Waals surface area contributed by atoms with Crippen molar-refractivity contribution < 1.29 is 9.53 Å². The molecule has 0 radical (unpaired) electrons. The number of amides is 1. The maximum Gasteiger partial charge on any atom is 0.263 e. The van der Waals surface area contributed by atoms with Gasteiger partial charge in [0.15, 0.2) is 0 Å². The standard InChI is InChI=1S/C17H20N2O2S/c1-12-18-10-16(22-12)17(20)19-14-8-5-9-15(14)21-11-13-6-3-2-4-7-13/h2-4,6-7,10,14-15H,5,8-9,11H2,1H3,(H,19,20)/t14-,15-/m0/s1. The molecular weight excluding hydrogens is 296 g/mol. The van der Waals surface area contributed by atoms with Crippen LogP contribution in [0.15, 0.2) is 36.5 Å². The molecule has 1 amide bonds. The van der Waals surface area contributed by atoms with Crippen LogP contribution in [0.3, 0.4) is 0 Å². The lowest BCUT2D eigenvalue weighted by atomic mass is 10.2. The summed E-state index contributed by atoms with van der Waals surface area (Å²) in [5.74, 6) is -0.0363. The molecule has 2 aromatic rings. The molecule has 0 spiro atoms. The predicted octanol–water partition coefficient (Wildman–Crippen LogP) is 3.32. The van der Waals surface area contributed by atoms with Gasteiger partial charge in [-0.2, -0.15) is 0 Å². The molecule has 2 atom stereocenters. The highest BCUT2D eigenvalue weighted by atomic mass is 32.1. The molecule has 1 aromatic heterocycles. The summed E-state index contributed by atoms with van der Waals surface area (Å²) < 4.78 is 6.02. The third-order valence-corrected chi connectivity index (χ3v) is 4.83. The van der Waals surface area contributed by atoms with Gasteiger partial charge in [-0.25, -0.2) is 4.98 Å². The van der Waals surface area contributed by atoms with Gasteiger partial charge in [0.25, 0.3) is 5.91 Å². The number of ether oxygens (including phenoxy) is 1. The van der Waals surface area contributed by atoms with Gasteiger partial charge in [0.05, 0.1) is 30.0 Å². The van der Waals surface area contributed by atoms with Crippen molar-refractivity contribution in [1.29, 1.82) is 0 Å². The van der Waals surface area contributed by atoms with Crippen molar-refractivity contribution in [2.24, 2.45) is 0 Å². The first-order valence-corrected chi connectivity index (χ1v) is 8.43. The lowest BCUT2D eigenvalue weighted by Crippen LogP contribution is -2.40. The number of aromatic nitrogens is 1. The van der Waals surface area contributed by atoms with Crippen molar-refractivity contribution in [3.63, 3.8) is 0 Å². The zero-order valence-electron chi connectivity index (χ0n) is 12.6. The minimum absolute atomic E-state index is 0.0363. The molecule has 1 N–H and O–H groups in total. The van der Waals surface area contributed by atoms with E-state index >= 15 is 0 Å². The van der Waals surface area contributed by atoms with E-state index in [0.29, 0.717) is 11.5 Å². The van der Waals surface area contributed by atoms with Crippen LogP contribution in [0.25, 0.3) is 0 Å². The number of hydrogen-bond donors (Lipinski definition) is 1. The van der Waals surface area contributed by atoms with Crippen molar-refractivity contribution in [3.8, 4) is 0 Å². The quantitative estimate of drug-likeness (QED) is 0.920. The van der Waals surface area contributed by atoms with Gasteiger partial charge in [-0.1, -0.05) is 30.3 Å². The molecule has 5 heteroatoms. The van der Waals surface area contributed by atoms with Crippen molar-refractivity contribution in [2.75, 3.05) is 0 Å². The molecule has 116 valence electrons. The first-order chi connectivity index (χ1) is 10.7. The number of aryl methyl sites for hydroxylation is 1. The lowest BCUT2D eigenvalue weighted by molar-refractivity contribution is 0.0272. The number of rotatable bonds is 5. The molecule has 0 unspecified atom stereocenters. The Bertz CT molecular complexity index is 627. The van der Waals surface area contributed by atoms with Crippen LogP contribution in [0.1, 0.15) is 39.5 Å². The number of carbonyl (C=O) groups excluding carboxylic acids is 1. The van der Waals surface area contributed by atoms with Gasteiger partial charge >= 0.3 is 0 Å². The Morgan fingerprint density at radius 3 is 2.91 bits per heavy atom. The molecule has 3 rings (SSSR count). The Labute approximate surface area is 134 Å². The van der Waals surface area contributed by atoms with Crippen LogP contribution < -0.4 is 5.32 Å². The molecule has 1 fully saturated rings. The van der Waals surface area contributed by atoms with E-state index in [2.05, 4.69) is 22.4 Å². The smallest absolute Gasteiger partial charge is 0.263 e. The van der Waals surface area contributed by atoms with Crippen LogP contribution in [-0.4, -0.2) is 23.0 Å². The highest BCUT2D eigenvalue weighted by molar-refractivity contribution is 7.13. The van der Waals surface area contributed by atoms with E-state index in [1.165, 1.54) is 11.3 Å². The monoisotopic (exact) mass is 316 g/mol. The Morgan fingerprint density at radius 1 is 1.36 bits per heavy atom. The lowest BCUT2D eigenvalue weighted by Gasteiger charge is -2.21. The Hall–Kier alpha value is -1.72. The van der Waals surface area contributed by atoms with Crippen molar-refractivity contribution in [2.45, 2.75) is 44.9 Å². The molecule has 22 heavy (non-hydrogen) atoms. The maximum absolute atomic E-state index is 12.2. The summed E-state index contributed by atoms with van der Waals surface area (Å²) in [7, 11) is 0. The van der Waals surface area contributed by atoms with Gasteiger partial charge in [-0.05, 0) is 31.7 Å². The summed E-state index contributed by atoms with van der Waals surface area (Å²) in [4.78, 5) is 17.0. The Morgan fingerprint density at radius 2 is 2.18 bits per heavy atom. The van der Waals surface area contributed by atoms with E-state index in [9.17, 15) is 4.79 Å². The molecule has 1 heterocycles. The minimum atomic E-state index is -0.0363. The summed E-state index contributed by atoms with van der Waals surface area (Å²) in [6, 6.07) is 10.2. The van der Waals surface area contributed by atoms with Gasteiger partial charge in [0.1, 0.15) is 4.88 Å². The first kappa shape index (κ1) is 15.2. The van der Waals surface area contributed by atoms with E-state index < -0.39 is 0 Å². The highest BCUT2D eigenvalue weighted by Gasteiger charge is 2.29. The SMILES string of the molecule is Cc1ncc(C(=O)N[C@H]2CCC[C@@H]2OCc2ccccc2)s1. The van der Waals surface area contributed by atoms with Gasteiger partial charge in [-0.15, -0.1) is 11.3 Å². The summed E-state index contributed by atoms with van der Waals surface area (Å²) in [5, 5.41) is 4.01. The number of benzene rings is 1. The van der Waals surface area contributed by atoms with Crippen LogP contribution >= 0.6 is 11.3 Å². The topological polar surface area (TPSA) is 51.2 Å². The fraction of sp³-hybridized carbons (Fsp3) is 0.412. The predicted molar refractivity (Wildman–Crippen MR) is 87.0 cm³/mol. The third kappa shape index (κ3) is 3.72. The average molecular weight is 316 g/mol. The molecule has 0 aliphatic heterocycles. The summed E-state index contributed by atoms with van der Waals surface area (Å²) in [6.07, 6.45) is 4.80. The molecule has 0 bridgehead atoms. The molecule has 1 aliphatic rings. The fourth-order valence-electron chi connectivity index (χ4n) is 2.77. The third-order valence-electron chi connectivity index (χ3n) is 3.92. The van der Waals surface area contributed by atoms with Crippen LogP contribution in [-0.2, 0) is 11.3 Å². The second kappa shape index (κ2) is 7.03. The molecule has 4 nitrogen and oxygen atoms in total. The van der Waals surface area contributed by atoms with Gasteiger partial charge < -0.3 is 10.1 Å². The highest BCUT2D eigenvalue weighted by Crippen LogP contribution is 2.24.